The van der Waals surface area contributed by atoms with Gasteiger partial charge in [0.1, 0.15) is 0 Å². The summed E-state index contributed by atoms with van der Waals surface area (Å²) in [5, 5.41) is 2.82. The molecule has 2 saturated heterocycles. The summed E-state index contributed by atoms with van der Waals surface area (Å²) in [5.74, 6) is 0.00575. The van der Waals surface area contributed by atoms with Gasteiger partial charge in [-0.25, -0.2) is 4.79 Å². The van der Waals surface area contributed by atoms with Crippen molar-refractivity contribution in [3.05, 3.63) is 59.4 Å². The van der Waals surface area contributed by atoms with Crippen LogP contribution in [0, 0.1) is 6.92 Å². The quantitative estimate of drug-likeness (QED) is 0.909. The fourth-order valence-electron chi connectivity index (χ4n) is 3.96. The summed E-state index contributed by atoms with van der Waals surface area (Å²) in [6, 6.07) is 11.4. The fraction of sp³-hybridized carbons (Fsp3) is 0.381. The van der Waals surface area contributed by atoms with E-state index in [2.05, 4.69) is 10.3 Å². The van der Waals surface area contributed by atoms with Crippen LogP contribution in [-0.4, -0.2) is 41.5 Å². The van der Waals surface area contributed by atoms with Crippen molar-refractivity contribution in [3.63, 3.8) is 0 Å². The van der Waals surface area contributed by atoms with Crippen LogP contribution in [0.4, 0.5) is 10.5 Å². The standard InChI is InChI=1S/C21H24N4O2/c1-15-8-9-16(14-19(15)25-13-11-23-21(25)27)20(26)24-12-5-3-7-18(24)17-6-2-4-10-22-17/h2,4,6,8-10,14,18H,3,5,7,11-13H2,1H3,(H,23,27)/t18-/m1/s1. The lowest BCUT2D eigenvalue weighted by atomic mass is 9.97. The van der Waals surface area contributed by atoms with E-state index >= 15 is 0 Å². The van der Waals surface area contributed by atoms with E-state index < -0.39 is 0 Å². The topological polar surface area (TPSA) is 65.5 Å². The van der Waals surface area contributed by atoms with Crippen molar-refractivity contribution in [2.75, 3.05) is 24.5 Å². The van der Waals surface area contributed by atoms with Crippen molar-refractivity contribution in [1.29, 1.82) is 0 Å². The molecule has 2 aliphatic rings. The molecule has 0 aliphatic carbocycles. The lowest BCUT2D eigenvalue weighted by Crippen LogP contribution is -2.39. The third-order valence-corrected chi connectivity index (χ3v) is 5.40. The molecule has 0 radical (unpaired) electrons. The number of benzene rings is 1. The van der Waals surface area contributed by atoms with Gasteiger partial charge in [0.2, 0.25) is 0 Å². The number of aryl methyl sites for hydroxylation is 1. The molecule has 0 bridgehead atoms. The molecule has 3 heterocycles. The number of pyridine rings is 1. The molecule has 2 aromatic rings. The lowest BCUT2D eigenvalue weighted by Gasteiger charge is -2.35. The van der Waals surface area contributed by atoms with Gasteiger partial charge in [0.25, 0.3) is 5.91 Å². The number of hydrogen-bond acceptors (Lipinski definition) is 3. The summed E-state index contributed by atoms with van der Waals surface area (Å²) >= 11 is 0. The Morgan fingerprint density at radius 2 is 2.07 bits per heavy atom. The number of amides is 3. The predicted octanol–water partition coefficient (Wildman–Crippen LogP) is 3.29. The van der Waals surface area contributed by atoms with Crippen LogP contribution < -0.4 is 10.2 Å². The average molecular weight is 364 g/mol. The molecule has 0 spiro atoms. The number of likely N-dealkylation sites (tertiary alicyclic amines) is 1. The third-order valence-electron chi connectivity index (χ3n) is 5.40. The Bertz CT molecular complexity index is 853. The van der Waals surface area contributed by atoms with Gasteiger partial charge in [0.15, 0.2) is 0 Å². The smallest absolute Gasteiger partial charge is 0.322 e. The zero-order valence-electron chi connectivity index (χ0n) is 15.5. The second kappa shape index (κ2) is 7.39. The van der Waals surface area contributed by atoms with Crippen LogP contribution >= 0.6 is 0 Å². The first-order valence-electron chi connectivity index (χ1n) is 9.53. The number of nitrogens with one attached hydrogen (secondary N) is 1. The van der Waals surface area contributed by atoms with E-state index in [4.69, 9.17) is 0 Å². The summed E-state index contributed by atoms with van der Waals surface area (Å²) in [5.41, 5.74) is 3.36. The zero-order valence-corrected chi connectivity index (χ0v) is 15.5. The van der Waals surface area contributed by atoms with Crippen LogP contribution in [0.2, 0.25) is 0 Å². The molecular weight excluding hydrogens is 340 g/mol. The molecule has 6 nitrogen and oxygen atoms in total. The molecule has 4 rings (SSSR count). The normalized spacial score (nSPS) is 19.9. The second-order valence-electron chi connectivity index (χ2n) is 7.15. The Hall–Kier alpha value is -2.89. The molecule has 140 valence electrons. The molecule has 1 aromatic heterocycles. The highest BCUT2D eigenvalue weighted by atomic mass is 16.2. The maximum Gasteiger partial charge on any atom is 0.322 e. The van der Waals surface area contributed by atoms with Gasteiger partial charge < -0.3 is 10.2 Å². The van der Waals surface area contributed by atoms with Gasteiger partial charge in [-0.1, -0.05) is 12.1 Å². The minimum atomic E-state index is -0.105. The van der Waals surface area contributed by atoms with Crippen molar-refractivity contribution in [2.24, 2.45) is 0 Å². The van der Waals surface area contributed by atoms with Crippen LogP contribution in [0.5, 0.6) is 0 Å². The molecule has 1 aromatic carbocycles. The summed E-state index contributed by atoms with van der Waals surface area (Å²) < 4.78 is 0. The first-order valence-corrected chi connectivity index (χ1v) is 9.53. The van der Waals surface area contributed by atoms with Crippen molar-refractivity contribution >= 4 is 17.6 Å². The number of nitrogens with zero attached hydrogens (tertiary/aromatic N) is 3. The largest absolute Gasteiger partial charge is 0.336 e. The van der Waals surface area contributed by atoms with E-state index in [9.17, 15) is 9.59 Å². The van der Waals surface area contributed by atoms with Gasteiger partial charge in [0, 0.05) is 37.1 Å². The van der Waals surface area contributed by atoms with E-state index in [1.807, 2.05) is 48.2 Å². The highest BCUT2D eigenvalue weighted by Crippen LogP contribution is 2.32. The molecule has 1 atom stereocenters. The van der Waals surface area contributed by atoms with Crippen LogP contribution in [0.15, 0.2) is 42.6 Å². The Labute approximate surface area is 159 Å². The summed E-state index contributed by atoms with van der Waals surface area (Å²) in [4.78, 5) is 33.5. The van der Waals surface area contributed by atoms with E-state index in [1.165, 1.54) is 0 Å². The Kier molecular flexibility index (Phi) is 4.79. The average Bonchev–Trinajstić information content (AvgIpc) is 3.14. The minimum absolute atomic E-state index is 0.00575. The number of carbonyl (C=O) groups is 2. The van der Waals surface area contributed by atoms with Gasteiger partial charge in [-0.3, -0.25) is 14.7 Å². The van der Waals surface area contributed by atoms with E-state index in [0.717, 1.165) is 42.8 Å². The number of carbonyl (C=O) groups excluding carboxylic acids is 2. The maximum atomic E-state index is 13.3. The molecule has 1 N–H and O–H groups in total. The van der Waals surface area contributed by atoms with Gasteiger partial charge in [0.05, 0.1) is 11.7 Å². The number of aromatic nitrogens is 1. The van der Waals surface area contributed by atoms with Crippen LogP contribution in [0.1, 0.15) is 46.9 Å². The monoisotopic (exact) mass is 364 g/mol. The van der Waals surface area contributed by atoms with E-state index in [-0.39, 0.29) is 18.0 Å². The molecule has 2 aliphatic heterocycles. The fourth-order valence-corrected chi connectivity index (χ4v) is 3.96. The predicted molar refractivity (Wildman–Crippen MR) is 104 cm³/mol. The van der Waals surface area contributed by atoms with Gasteiger partial charge in [-0.15, -0.1) is 0 Å². The summed E-state index contributed by atoms with van der Waals surface area (Å²) in [6.07, 6.45) is 4.80. The van der Waals surface area contributed by atoms with Crippen molar-refractivity contribution in [1.82, 2.24) is 15.2 Å². The molecule has 6 heteroatoms. The highest BCUT2D eigenvalue weighted by Gasteiger charge is 2.30. The lowest BCUT2D eigenvalue weighted by molar-refractivity contribution is 0.0606. The number of hydrogen-bond donors (Lipinski definition) is 1. The van der Waals surface area contributed by atoms with Gasteiger partial charge in [-0.2, -0.15) is 0 Å². The van der Waals surface area contributed by atoms with Gasteiger partial charge in [-0.05, 0) is 56.0 Å². The van der Waals surface area contributed by atoms with Crippen molar-refractivity contribution in [3.8, 4) is 0 Å². The molecule has 0 unspecified atom stereocenters. The van der Waals surface area contributed by atoms with Crippen molar-refractivity contribution in [2.45, 2.75) is 32.2 Å². The number of urea groups is 1. The second-order valence-corrected chi connectivity index (χ2v) is 7.15. The first-order chi connectivity index (χ1) is 13.1. The number of piperidine rings is 1. The Balaban J connectivity index is 1.64. The van der Waals surface area contributed by atoms with Crippen LogP contribution in [0.25, 0.3) is 0 Å². The summed E-state index contributed by atoms with van der Waals surface area (Å²) in [7, 11) is 0. The zero-order chi connectivity index (χ0) is 18.8. The number of rotatable bonds is 3. The third kappa shape index (κ3) is 3.39. The van der Waals surface area contributed by atoms with E-state index in [0.29, 0.717) is 18.7 Å². The highest BCUT2D eigenvalue weighted by molar-refractivity contribution is 5.99. The first kappa shape index (κ1) is 17.5. The molecule has 27 heavy (non-hydrogen) atoms. The van der Waals surface area contributed by atoms with Crippen LogP contribution in [0.3, 0.4) is 0 Å². The molecule has 2 fully saturated rings. The Morgan fingerprint density at radius 3 is 2.81 bits per heavy atom. The molecule has 0 saturated carbocycles. The summed E-state index contributed by atoms with van der Waals surface area (Å²) in [6.45, 7) is 3.95. The molecule has 3 amide bonds. The minimum Gasteiger partial charge on any atom is -0.336 e. The SMILES string of the molecule is Cc1ccc(C(=O)N2CCCC[C@@H]2c2ccccn2)cc1N1CCNC1=O. The van der Waals surface area contributed by atoms with Crippen LogP contribution in [-0.2, 0) is 0 Å². The van der Waals surface area contributed by atoms with Gasteiger partial charge >= 0.3 is 6.03 Å². The number of anilines is 1. The van der Waals surface area contributed by atoms with E-state index in [1.54, 1.807) is 11.1 Å². The maximum absolute atomic E-state index is 13.3. The van der Waals surface area contributed by atoms with Crippen molar-refractivity contribution < 1.29 is 9.59 Å². The Morgan fingerprint density at radius 1 is 1.19 bits per heavy atom. The molecular formula is C21H24N4O2.